The third-order valence-electron chi connectivity index (χ3n) is 5.95. The van der Waals surface area contributed by atoms with Crippen LogP contribution in [0.1, 0.15) is 49.3 Å². The third-order valence-corrected chi connectivity index (χ3v) is 9.31. The molecule has 0 saturated carbocycles. The van der Waals surface area contributed by atoms with Crippen molar-refractivity contribution in [2.24, 2.45) is 0 Å². The second kappa shape index (κ2) is 5.84. The second-order valence-corrected chi connectivity index (χ2v) is 10.3. The van der Waals surface area contributed by atoms with Crippen molar-refractivity contribution in [1.82, 2.24) is 4.90 Å². The van der Waals surface area contributed by atoms with Crippen LogP contribution in [0.4, 0.5) is 0 Å². The van der Waals surface area contributed by atoms with Crippen LogP contribution in [0.3, 0.4) is 0 Å². The number of Topliss-reactive ketones (excluding diaryl/α,β-unsaturated/α-hetero) is 1. The topological polar surface area (TPSA) is 20.3 Å². The highest BCUT2D eigenvalue weighted by atomic mass is 32.2. The maximum atomic E-state index is 12.9. The number of carbonyl (C=O) groups excluding carboxylic acids is 1. The molecule has 0 amide bonds. The van der Waals surface area contributed by atoms with Gasteiger partial charge in [-0.1, -0.05) is 24.3 Å². The van der Waals surface area contributed by atoms with Crippen molar-refractivity contribution >= 4 is 29.3 Å². The van der Waals surface area contributed by atoms with E-state index in [1.165, 1.54) is 40.3 Å². The first-order valence-electron chi connectivity index (χ1n) is 9.18. The maximum Gasteiger partial charge on any atom is 0.162 e. The first-order chi connectivity index (χ1) is 11.8. The van der Waals surface area contributed by atoms with Gasteiger partial charge in [-0.2, -0.15) is 0 Å². The number of hydrogen-bond acceptors (Lipinski definition) is 4. The molecule has 0 bridgehead atoms. The number of benzene rings is 1. The number of allylic oxidation sites excluding steroid dienone is 1. The minimum atomic E-state index is 0.0245. The summed E-state index contributed by atoms with van der Waals surface area (Å²) in [6.07, 6.45) is 6.39. The highest BCUT2D eigenvalue weighted by molar-refractivity contribution is 8.19. The predicted octanol–water partition coefficient (Wildman–Crippen LogP) is 4.56. The monoisotopic (exact) mass is 357 g/mol. The minimum absolute atomic E-state index is 0.0245. The van der Waals surface area contributed by atoms with E-state index < -0.39 is 0 Å². The first-order valence-corrected chi connectivity index (χ1v) is 11.1. The number of hydrogen-bond donors (Lipinski definition) is 0. The number of ketones is 1. The van der Waals surface area contributed by atoms with E-state index in [2.05, 4.69) is 52.7 Å². The van der Waals surface area contributed by atoms with Gasteiger partial charge in [-0.15, -0.1) is 23.5 Å². The SMILES string of the molecule is O=C1CCCC2=C1C1(CC3c4ccccc4CCN23)SCCCS1. The second-order valence-electron chi connectivity index (χ2n) is 7.26. The van der Waals surface area contributed by atoms with Crippen LogP contribution in [-0.4, -0.2) is 32.8 Å². The molecule has 1 saturated heterocycles. The average Bonchev–Trinajstić information content (AvgIpc) is 2.62. The molecule has 126 valence electrons. The molecule has 2 nitrogen and oxygen atoms in total. The summed E-state index contributed by atoms with van der Waals surface area (Å²) in [6.45, 7) is 1.08. The highest BCUT2D eigenvalue weighted by Crippen LogP contribution is 2.59. The molecular formula is C20H23NOS2. The summed E-state index contributed by atoms with van der Waals surface area (Å²) < 4.78 is 0.0245. The summed E-state index contributed by atoms with van der Waals surface area (Å²) in [6, 6.07) is 9.46. The van der Waals surface area contributed by atoms with Gasteiger partial charge >= 0.3 is 0 Å². The lowest BCUT2D eigenvalue weighted by Gasteiger charge is -2.53. The number of carbonyl (C=O) groups is 1. The van der Waals surface area contributed by atoms with Crippen LogP contribution >= 0.6 is 23.5 Å². The molecule has 1 aromatic rings. The van der Waals surface area contributed by atoms with Crippen molar-refractivity contribution in [2.45, 2.75) is 48.6 Å². The Morgan fingerprint density at radius 3 is 2.75 bits per heavy atom. The number of thioether (sulfide) groups is 2. The Morgan fingerprint density at radius 1 is 1.04 bits per heavy atom. The molecule has 5 rings (SSSR count). The first kappa shape index (κ1) is 15.4. The molecule has 1 aromatic carbocycles. The molecule has 4 aliphatic rings. The minimum Gasteiger partial charge on any atom is -0.367 e. The standard InChI is InChI=1S/C20H23NOS2/c22-18-8-3-7-16-19(18)20(23-11-4-12-24-20)13-17-15-6-2-1-5-14(15)9-10-21(16)17/h1-2,5-6,17H,3-4,7-13H2. The summed E-state index contributed by atoms with van der Waals surface area (Å²) in [4.78, 5) is 15.5. The molecule has 0 radical (unpaired) electrons. The van der Waals surface area contributed by atoms with Crippen LogP contribution in [0, 0.1) is 0 Å². The molecule has 24 heavy (non-hydrogen) atoms. The molecule has 1 aliphatic carbocycles. The van der Waals surface area contributed by atoms with Crippen LogP contribution in [0.25, 0.3) is 0 Å². The fourth-order valence-corrected chi connectivity index (χ4v) is 8.49. The lowest BCUT2D eigenvalue weighted by molar-refractivity contribution is -0.116. The van der Waals surface area contributed by atoms with E-state index in [4.69, 9.17) is 0 Å². The smallest absolute Gasteiger partial charge is 0.162 e. The van der Waals surface area contributed by atoms with Gasteiger partial charge in [0.25, 0.3) is 0 Å². The van der Waals surface area contributed by atoms with Crippen LogP contribution in [-0.2, 0) is 11.2 Å². The largest absolute Gasteiger partial charge is 0.367 e. The Kier molecular flexibility index (Phi) is 3.75. The van der Waals surface area contributed by atoms with E-state index in [0.717, 1.165) is 38.6 Å². The van der Waals surface area contributed by atoms with Gasteiger partial charge in [0.2, 0.25) is 0 Å². The summed E-state index contributed by atoms with van der Waals surface area (Å²) in [5.74, 6) is 2.84. The molecular weight excluding hydrogens is 334 g/mol. The Balaban J connectivity index is 1.67. The molecule has 1 fully saturated rings. The third kappa shape index (κ3) is 2.22. The average molecular weight is 358 g/mol. The normalized spacial score (nSPS) is 28.4. The Labute approximate surface area is 152 Å². The van der Waals surface area contributed by atoms with E-state index in [1.807, 2.05) is 0 Å². The fraction of sp³-hybridized carbons (Fsp3) is 0.550. The molecule has 3 aliphatic heterocycles. The predicted molar refractivity (Wildman–Crippen MR) is 102 cm³/mol. The summed E-state index contributed by atoms with van der Waals surface area (Å²) in [5.41, 5.74) is 5.64. The number of fused-ring (bicyclic) bond motifs is 5. The Bertz CT molecular complexity index is 720. The van der Waals surface area contributed by atoms with Crippen molar-refractivity contribution in [3.8, 4) is 0 Å². The van der Waals surface area contributed by atoms with Gasteiger partial charge in [0.15, 0.2) is 5.78 Å². The quantitative estimate of drug-likeness (QED) is 0.678. The fourth-order valence-electron chi connectivity index (χ4n) is 4.94. The molecule has 1 atom stereocenters. The van der Waals surface area contributed by atoms with Crippen LogP contribution < -0.4 is 0 Å². The van der Waals surface area contributed by atoms with E-state index in [0.29, 0.717) is 11.8 Å². The summed E-state index contributed by atoms with van der Waals surface area (Å²) >= 11 is 4.13. The van der Waals surface area contributed by atoms with Crippen LogP contribution in [0.15, 0.2) is 35.5 Å². The lowest BCUT2D eigenvalue weighted by Crippen LogP contribution is -2.49. The van der Waals surface area contributed by atoms with E-state index in [9.17, 15) is 4.79 Å². The van der Waals surface area contributed by atoms with Gasteiger partial charge in [-0.05, 0) is 48.3 Å². The summed E-state index contributed by atoms with van der Waals surface area (Å²) in [5, 5.41) is 0. The zero-order valence-electron chi connectivity index (χ0n) is 13.9. The molecule has 1 unspecified atom stereocenters. The molecule has 1 spiro atoms. The molecule has 0 aromatic heterocycles. The van der Waals surface area contributed by atoms with Gasteiger partial charge in [-0.25, -0.2) is 0 Å². The number of nitrogens with zero attached hydrogens (tertiary/aromatic N) is 1. The Hall–Kier alpha value is -0.870. The van der Waals surface area contributed by atoms with Crippen LogP contribution in [0.5, 0.6) is 0 Å². The zero-order valence-corrected chi connectivity index (χ0v) is 15.6. The Morgan fingerprint density at radius 2 is 1.88 bits per heavy atom. The van der Waals surface area contributed by atoms with Gasteiger partial charge in [0, 0.05) is 30.7 Å². The van der Waals surface area contributed by atoms with Crippen molar-refractivity contribution in [2.75, 3.05) is 18.1 Å². The molecule has 0 N–H and O–H groups in total. The number of rotatable bonds is 0. The summed E-state index contributed by atoms with van der Waals surface area (Å²) in [7, 11) is 0. The maximum absolute atomic E-state index is 12.9. The van der Waals surface area contributed by atoms with Gasteiger partial charge in [0.1, 0.15) is 0 Å². The van der Waals surface area contributed by atoms with Crippen LogP contribution in [0.2, 0.25) is 0 Å². The van der Waals surface area contributed by atoms with E-state index in [1.54, 1.807) is 0 Å². The molecule has 4 heteroatoms. The van der Waals surface area contributed by atoms with Gasteiger partial charge in [-0.3, -0.25) is 4.79 Å². The van der Waals surface area contributed by atoms with Crippen molar-refractivity contribution < 1.29 is 4.79 Å². The zero-order chi connectivity index (χ0) is 16.1. The van der Waals surface area contributed by atoms with Crippen molar-refractivity contribution in [3.05, 3.63) is 46.7 Å². The van der Waals surface area contributed by atoms with Gasteiger partial charge in [0.05, 0.1) is 10.1 Å². The van der Waals surface area contributed by atoms with Gasteiger partial charge < -0.3 is 4.90 Å². The van der Waals surface area contributed by atoms with Crippen molar-refractivity contribution in [1.29, 1.82) is 0 Å². The van der Waals surface area contributed by atoms with Crippen molar-refractivity contribution in [3.63, 3.8) is 0 Å². The lowest BCUT2D eigenvalue weighted by atomic mass is 9.79. The molecule has 3 heterocycles. The van der Waals surface area contributed by atoms with E-state index >= 15 is 0 Å². The highest BCUT2D eigenvalue weighted by Gasteiger charge is 2.51. The van der Waals surface area contributed by atoms with E-state index in [-0.39, 0.29) is 4.08 Å².